The lowest BCUT2D eigenvalue weighted by molar-refractivity contribution is 0.00247. The van der Waals surface area contributed by atoms with Crippen LogP contribution in [0.3, 0.4) is 0 Å². The van der Waals surface area contributed by atoms with E-state index in [2.05, 4.69) is 10.0 Å². The Bertz CT molecular complexity index is 202. The maximum atomic E-state index is 9.35. The number of nitrogens with zero attached hydrogens (tertiary/aromatic N) is 3. The summed E-state index contributed by atoms with van der Waals surface area (Å²) in [6.45, 7) is 0.243. The van der Waals surface area contributed by atoms with Crippen LogP contribution in [0, 0.1) is 0 Å². The Morgan fingerprint density at radius 3 is 2.67 bits per heavy atom. The summed E-state index contributed by atoms with van der Waals surface area (Å²) in [5.74, 6) is 0.591. The van der Waals surface area contributed by atoms with Crippen molar-refractivity contribution in [2.45, 2.75) is 12.2 Å². The van der Waals surface area contributed by atoms with Crippen LogP contribution in [0.15, 0.2) is 5.11 Å². The van der Waals surface area contributed by atoms with Gasteiger partial charge in [-0.25, -0.2) is 0 Å². The molecular weight excluding hydrogens is 238 g/mol. The van der Waals surface area contributed by atoms with Crippen LogP contribution >= 0.6 is 21.6 Å². The molecule has 2 N–H and O–H groups in total. The number of ether oxygens (including phenoxy) is 1. The molecule has 0 aromatic rings. The summed E-state index contributed by atoms with van der Waals surface area (Å²) in [5.41, 5.74) is 7.99. The van der Waals surface area contributed by atoms with Gasteiger partial charge < -0.3 is 14.9 Å². The van der Waals surface area contributed by atoms with Crippen LogP contribution in [0.25, 0.3) is 10.4 Å². The molecule has 0 radical (unpaired) electrons. The Morgan fingerprint density at radius 2 is 2.07 bits per heavy atom. The minimum absolute atomic E-state index is 0.00778. The molecule has 0 heterocycles. The molecule has 0 bridgehead atoms. The highest BCUT2D eigenvalue weighted by Gasteiger charge is 2.07. The van der Waals surface area contributed by atoms with Crippen molar-refractivity contribution in [2.24, 2.45) is 5.11 Å². The first-order valence-electron chi connectivity index (χ1n) is 4.31. The fraction of sp³-hybridized carbons (Fsp3) is 1.00. The van der Waals surface area contributed by atoms with Gasteiger partial charge in [-0.15, -0.1) is 0 Å². The Labute approximate surface area is 96.4 Å². The van der Waals surface area contributed by atoms with Gasteiger partial charge in [0.15, 0.2) is 0 Å². The van der Waals surface area contributed by atoms with Crippen LogP contribution < -0.4 is 0 Å². The second kappa shape index (κ2) is 10.4. The van der Waals surface area contributed by atoms with Gasteiger partial charge in [0.05, 0.1) is 32.0 Å². The van der Waals surface area contributed by atoms with Crippen LogP contribution in [0.1, 0.15) is 0 Å². The van der Waals surface area contributed by atoms with Crippen LogP contribution in [-0.4, -0.2) is 54.2 Å². The molecule has 0 aromatic carbocycles. The third kappa shape index (κ3) is 10.2. The molecule has 0 amide bonds. The Hall–Kier alpha value is -0.110. The molecule has 0 aliphatic carbocycles. The summed E-state index contributed by atoms with van der Waals surface area (Å²) in [7, 11) is 3.12. The van der Waals surface area contributed by atoms with E-state index in [1.165, 1.54) is 0 Å². The first kappa shape index (κ1) is 14.9. The zero-order valence-electron chi connectivity index (χ0n) is 8.44. The predicted molar refractivity (Wildman–Crippen MR) is 62.8 cm³/mol. The van der Waals surface area contributed by atoms with Gasteiger partial charge in [-0.05, 0) is 11.8 Å². The van der Waals surface area contributed by atoms with Crippen molar-refractivity contribution in [3.8, 4) is 0 Å². The van der Waals surface area contributed by atoms with E-state index in [9.17, 15) is 10.2 Å². The van der Waals surface area contributed by atoms with Gasteiger partial charge in [0, 0.05) is 10.7 Å². The summed E-state index contributed by atoms with van der Waals surface area (Å²) in [4.78, 5) is 2.51. The first-order valence-corrected chi connectivity index (χ1v) is 7.03. The Morgan fingerprint density at radius 1 is 1.40 bits per heavy atom. The second-order valence-electron chi connectivity index (χ2n) is 2.71. The van der Waals surface area contributed by atoms with E-state index in [-0.39, 0.29) is 19.8 Å². The van der Waals surface area contributed by atoms with Crippen molar-refractivity contribution >= 4 is 21.6 Å². The van der Waals surface area contributed by atoms with Crippen LogP contribution in [0.4, 0.5) is 0 Å². The molecule has 6 nitrogen and oxygen atoms in total. The average Bonchev–Trinajstić information content (AvgIpc) is 2.23. The standard InChI is InChI=1S/C7H15N3O3S2/c1-14-15-5-7(12)4-13-3-6(11)2-9-10-8/h6-7,11-12H,2-5H2,1H3. The minimum atomic E-state index is -0.804. The maximum Gasteiger partial charge on any atom is 0.0872 e. The summed E-state index contributed by atoms with van der Waals surface area (Å²) in [6.07, 6.45) is 0.595. The van der Waals surface area contributed by atoms with Crippen molar-refractivity contribution in [3.05, 3.63) is 10.4 Å². The topological polar surface area (TPSA) is 98.5 Å². The Kier molecular flexibility index (Phi) is 10.3. The molecule has 0 aromatic heterocycles. The highest BCUT2D eigenvalue weighted by Crippen LogP contribution is 2.17. The van der Waals surface area contributed by atoms with E-state index >= 15 is 0 Å². The van der Waals surface area contributed by atoms with Gasteiger partial charge in [-0.3, -0.25) is 0 Å². The van der Waals surface area contributed by atoms with E-state index in [1.807, 2.05) is 6.26 Å². The molecule has 8 heteroatoms. The predicted octanol–water partition coefficient (Wildman–Crippen LogP) is 1.05. The van der Waals surface area contributed by atoms with Crippen LogP contribution in [-0.2, 0) is 4.74 Å². The van der Waals surface area contributed by atoms with Gasteiger partial charge >= 0.3 is 0 Å². The number of azide groups is 1. The maximum absolute atomic E-state index is 9.35. The van der Waals surface area contributed by atoms with Crippen molar-refractivity contribution < 1.29 is 14.9 Å². The van der Waals surface area contributed by atoms with Crippen LogP contribution in [0.5, 0.6) is 0 Å². The molecular formula is C7H15N3O3S2. The molecule has 15 heavy (non-hydrogen) atoms. The average molecular weight is 253 g/mol. The number of aliphatic hydroxyl groups excluding tert-OH is 2. The number of hydrogen-bond acceptors (Lipinski definition) is 6. The van der Waals surface area contributed by atoms with Crippen LogP contribution in [0.2, 0.25) is 0 Å². The largest absolute Gasteiger partial charge is 0.391 e. The number of rotatable bonds is 9. The normalized spacial score (nSPS) is 14.3. The van der Waals surface area contributed by atoms with Gasteiger partial charge in [0.1, 0.15) is 0 Å². The number of hydrogen-bond donors (Lipinski definition) is 2. The number of aliphatic hydroxyl groups is 2. The molecule has 0 saturated carbocycles. The van der Waals surface area contributed by atoms with Crippen molar-refractivity contribution in [2.75, 3.05) is 31.8 Å². The van der Waals surface area contributed by atoms with Gasteiger partial charge in [-0.2, -0.15) is 0 Å². The molecule has 88 valence electrons. The highest BCUT2D eigenvalue weighted by atomic mass is 33.1. The minimum Gasteiger partial charge on any atom is -0.391 e. The fourth-order valence-corrected chi connectivity index (χ4v) is 1.99. The SMILES string of the molecule is CSSCC(O)COCC(O)CN=[N+]=[N-]. The van der Waals surface area contributed by atoms with Crippen molar-refractivity contribution in [1.29, 1.82) is 0 Å². The summed E-state index contributed by atoms with van der Waals surface area (Å²) < 4.78 is 5.05. The lowest BCUT2D eigenvalue weighted by Gasteiger charge is -2.12. The third-order valence-corrected chi connectivity index (χ3v) is 3.23. The van der Waals surface area contributed by atoms with E-state index in [4.69, 9.17) is 10.3 Å². The molecule has 0 aliphatic heterocycles. The monoisotopic (exact) mass is 253 g/mol. The summed E-state index contributed by atoms with van der Waals surface area (Å²) in [5, 5.41) is 21.7. The van der Waals surface area contributed by atoms with E-state index in [1.54, 1.807) is 21.6 Å². The molecule has 0 saturated heterocycles. The molecule has 0 spiro atoms. The second-order valence-corrected chi connectivity index (χ2v) is 5.32. The third-order valence-electron chi connectivity index (χ3n) is 1.35. The lowest BCUT2D eigenvalue weighted by Crippen LogP contribution is -2.24. The molecule has 2 unspecified atom stereocenters. The molecule has 2 atom stereocenters. The van der Waals surface area contributed by atoms with E-state index in [0.29, 0.717) is 5.75 Å². The first-order chi connectivity index (χ1) is 7.20. The van der Waals surface area contributed by atoms with Gasteiger partial charge in [-0.1, -0.05) is 26.7 Å². The van der Waals surface area contributed by atoms with Crippen molar-refractivity contribution in [3.63, 3.8) is 0 Å². The quantitative estimate of drug-likeness (QED) is 0.277. The lowest BCUT2D eigenvalue weighted by atomic mass is 10.4. The molecule has 0 fully saturated rings. The Balaban J connectivity index is 3.39. The summed E-state index contributed by atoms with van der Waals surface area (Å²) >= 11 is 0. The van der Waals surface area contributed by atoms with Crippen molar-refractivity contribution in [1.82, 2.24) is 0 Å². The zero-order chi connectivity index (χ0) is 11.5. The fourth-order valence-electron chi connectivity index (χ4n) is 0.718. The van der Waals surface area contributed by atoms with E-state index < -0.39 is 12.2 Å². The van der Waals surface area contributed by atoms with E-state index in [0.717, 1.165) is 0 Å². The van der Waals surface area contributed by atoms with Gasteiger partial charge in [0.25, 0.3) is 0 Å². The summed E-state index contributed by atoms with van der Waals surface area (Å²) in [6, 6.07) is 0. The molecule has 0 aliphatic rings. The van der Waals surface area contributed by atoms with Gasteiger partial charge in [0.2, 0.25) is 0 Å². The zero-order valence-corrected chi connectivity index (χ0v) is 10.1. The highest BCUT2D eigenvalue weighted by molar-refractivity contribution is 8.76. The smallest absolute Gasteiger partial charge is 0.0872 e. The molecule has 0 rings (SSSR count).